The molecule has 2 aromatic rings. The van der Waals surface area contributed by atoms with Gasteiger partial charge >= 0.3 is 0 Å². The summed E-state index contributed by atoms with van der Waals surface area (Å²) < 4.78 is 5.69. The molecule has 0 amide bonds. The van der Waals surface area contributed by atoms with Crippen molar-refractivity contribution in [3.8, 4) is 11.6 Å². The van der Waals surface area contributed by atoms with Crippen molar-refractivity contribution in [3.63, 3.8) is 0 Å². The molecule has 4 heteroatoms. The predicted molar refractivity (Wildman–Crippen MR) is 84.2 cm³/mol. The highest BCUT2D eigenvalue weighted by molar-refractivity contribution is 5.31. The van der Waals surface area contributed by atoms with Crippen molar-refractivity contribution in [3.05, 3.63) is 52.1 Å². The van der Waals surface area contributed by atoms with E-state index in [1.54, 1.807) is 0 Å². The largest absolute Gasteiger partial charge is 0.439 e. The Bertz CT molecular complexity index is 645. The lowest BCUT2D eigenvalue weighted by Gasteiger charge is -2.11. The predicted octanol–water partition coefficient (Wildman–Crippen LogP) is 4.20. The van der Waals surface area contributed by atoms with Gasteiger partial charge in [0.2, 0.25) is 5.88 Å². The zero-order chi connectivity index (χ0) is 15.4. The zero-order valence-corrected chi connectivity index (χ0v) is 13.0. The van der Waals surface area contributed by atoms with E-state index in [1.165, 1.54) is 11.6 Å². The molecule has 0 radical (unpaired) electrons. The Balaban J connectivity index is 2.20. The van der Waals surface area contributed by atoms with Gasteiger partial charge in [0.25, 0.3) is 5.56 Å². The second kappa shape index (κ2) is 6.57. The molecule has 1 unspecified atom stereocenters. The first-order chi connectivity index (χ1) is 9.99. The van der Waals surface area contributed by atoms with Gasteiger partial charge in [0.15, 0.2) is 0 Å². The van der Waals surface area contributed by atoms with Crippen LogP contribution in [0.4, 0.5) is 0 Å². The van der Waals surface area contributed by atoms with Crippen molar-refractivity contribution < 1.29 is 4.74 Å². The molecule has 0 saturated carbocycles. The molecule has 1 atom stereocenters. The van der Waals surface area contributed by atoms with Gasteiger partial charge < -0.3 is 9.72 Å². The molecule has 4 nitrogen and oxygen atoms in total. The third kappa shape index (κ3) is 3.94. The first kappa shape index (κ1) is 15.3. The van der Waals surface area contributed by atoms with Crippen LogP contribution < -0.4 is 10.3 Å². The van der Waals surface area contributed by atoms with E-state index in [4.69, 9.17) is 4.74 Å². The van der Waals surface area contributed by atoms with E-state index >= 15 is 0 Å². The summed E-state index contributed by atoms with van der Waals surface area (Å²) in [5.41, 5.74) is 1.09. The molecule has 1 aromatic heterocycles. The molecular weight excluding hydrogens is 264 g/mol. The Labute approximate surface area is 125 Å². The standard InChI is InChI=1S/C17H22N2O2/c1-5-12(4)13-6-8-14(9-7-13)21-16-10-15(20)18-17(19-16)11(2)3/h6-12H,5H2,1-4H3,(H,18,19,20). The van der Waals surface area contributed by atoms with Crippen LogP contribution in [-0.2, 0) is 0 Å². The maximum atomic E-state index is 11.6. The summed E-state index contributed by atoms with van der Waals surface area (Å²) in [5.74, 6) is 2.33. The number of rotatable bonds is 5. The van der Waals surface area contributed by atoms with Gasteiger partial charge in [-0.05, 0) is 30.0 Å². The molecule has 0 saturated heterocycles. The molecule has 0 fully saturated rings. The molecule has 2 rings (SSSR count). The summed E-state index contributed by atoms with van der Waals surface area (Å²) in [7, 11) is 0. The highest BCUT2D eigenvalue weighted by atomic mass is 16.5. The van der Waals surface area contributed by atoms with Crippen molar-refractivity contribution in [1.82, 2.24) is 9.97 Å². The van der Waals surface area contributed by atoms with Crippen LogP contribution in [0.5, 0.6) is 11.6 Å². The molecule has 1 N–H and O–H groups in total. The first-order valence-corrected chi connectivity index (χ1v) is 7.38. The van der Waals surface area contributed by atoms with Crippen LogP contribution >= 0.6 is 0 Å². The Morgan fingerprint density at radius 1 is 1.19 bits per heavy atom. The average Bonchev–Trinajstić information content (AvgIpc) is 2.46. The Morgan fingerprint density at radius 3 is 2.43 bits per heavy atom. The summed E-state index contributed by atoms with van der Waals surface area (Å²) in [5, 5.41) is 0. The van der Waals surface area contributed by atoms with Gasteiger partial charge in [0.1, 0.15) is 11.6 Å². The Hall–Kier alpha value is -2.10. The summed E-state index contributed by atoms with van der Waals surface area (Å²) in [6.07, 6.45) is 1.10. The fourth-order valence-corrected chi connectivity index (χ4v) is 2.00. The summed E-state index contributed by atoms with van der Waals surface area (Å²) in [4.78, 5) is 18.7. The van der Waals surface area contributed by atoms with E-state index in [9.17, 15) is 4.79 Å². The number of hydrogen-bond donors (Lipinski definition) is 1. The normalized spacial score (nSPS) is 12.4. The van der Waals surface area contributed by atoms with Gasteiger partial charge in [0.05, 0.1) is 6.07 Å². The van der Waals surface area contributed by atoms with Gasteiger partial charge in [-0.3, -0.25) is 4.79 Å². The number of H-pyrrole nitrogens is 1. The van der Waals surface area contributed by atoms with E-state index in [0.29, 0.717) is 23.4 Å². The highest BCUT2D eigenvalue weighted by Gasteiger charge is 2.08. The number of aromatic nitrogens is 2. The van der Waals surface area contributed by atoms with E-state index in [0.717, 1.165) is 6.42 Å². The average molecular weight is 286 g/mol. The minimum Gasteiger partial charge on any atom is -0.439 e. The van der Waals surface area contributed by atoms with E-state index in [2.05, 4.69) is 35.9 Å². The molecule has 112 valence electrons. The number of benzene rings is 1. The second-order valence-corrected chi connectivity index (χ2v) is 5.60. The first-order valence-electron chi connectivity index (χ1n) is 7.38. The number of nitrogens with one attached hydrogen (secondary N) is 1. The lowest BCUT2D eigenvalue weighted by molar-refractivity contribution is 0.455. The Kier molecular flexibility index (Phi) is 4.78. The van der Waals surface area contributed by atoms with Gasteiger partial charge in [0, 0.05) is 5.92 Å². The third-order valence-electron chi connectivity index (χ3n) is 3.57. The molecular formula is C17H22N2O2. The van der Waals surface area contributed by atoms with Crippen LogP contribution in [0, 0.1) is 0 Å². The molecule has 0 bridgehead atoms. The quantitative estimate of drug-likeness (QED) is 0.896. The highest BCUT2D eigenvalue weighted by Crippen LogP contribution is 2.24. The van der Waals surface area contributed by atoms with Crippen molar-refractivity contribution in [2.45, 2.75) is 46.0 Å². The van der Waals surface area contributed by atoms with Crippen molar-refractivity contribution in [2.75, 3.05) is 0 Å². The number of aromatic amines is 1. The number of hydrogen-bond acceptors (Lipinski definition) is 3. The van der Waals surface area contributed by atoms with E-state index in [1.807, 2.05) is 26.0 Å². The minimum absolute atomic E-state index is 0.147. The molecule has 1 heterocycles. The van der Waals surface area contributed by atoms with E-state index < -0.39 is 0 Å². The Morgan fingerprint density at radius 2 is 1.86 bits per heavy atom. The van der Waals surface area contributed by atoms with Crippen molar-refractivity contribution in [2.24, 2.45) is 0 Å². The van der Waals surface area contributed by atoms with Crippen LogP contribution in [0.15, 0.2) is 35.1 Å². The molecule has 0 aliphatic rings. The minimum atomic E-state index is -0.195. The molecule has 0 spiro atoms. The molecule has 21 heavy (non-hydrogen) atoms. The van der Waals surface area contributed by atoms with Gasteiger partial charge in [-0.2, -0.15) is 4.98 Å². The van der Waals surface area contributed by atoms with Gasteiger partial charge in [-0.15, -0.1) is 0 Å². The fourth-order valence-electron chi connectivity index (χ4n) is 2.00. The van der Waals surface area contributed by atoms with Crippen LogP contribution in [-0.4, -0.2) is 9.97 Å². The van der Waals surface area contributed by atoms with Gasteiger partial charge in [-0.1, -0.05) is 39.8 Å². The van der Waals surface area contributed by atoms with E-state index in [-0.39, 0.29) is 11.5 Å². The van der Waals surface area contributed by atoms with Gasteiger partial charge in [-0.25, -0.2) is 0 Å². The lowest BCUT2D eigenvalue weighted by atomic mass is 9.99. The SMILES string of the molecule is CCC(C)c1ccc(Oc2cc(=O)[nH]c(C(C)C)n2)cc1. The maximum Gasteiger partial charge on any atom is 0.254 e. The topological polar surface area (TPSA) is 55.0 Å². The molecule has 0 aliphatic heterocycles. The molecule has 0 aliphatic carbocycles. The maximum absolute atomic E-state index is 11.6. The van der Waals surface area contributed by atoms with Crippen LogP contribution in [0.3, 0.4) is 0 Å². The summed E-state index contributed by atoms with van der Waals surface area (Å²) in [6, 6.07) is 9.31. The zero-order valence-electron chi connectivity index (χ0n) is 13.0. The summed E-state index contributed by atoms with van der Waals surface area (Å²) in [6.45, 7) is 8.32. The molecule has 1 aromatic carbocycles. The van der Waals surface area contributed by atoms with Crippen molar-refractivity contribution >= 4 is 0 Å². The number of nitrogens with zero attached hydrogens (tertiary/aromatic N) is 1. The van der Waals surface area contributed by atoms with Crippen LogP contribution in [0.2, 0.25) is 0 Å². The summed E-state index contributed by atoms with van der Waals surface area (Å²) >= 11 is 0. The van der Waals surface area contributed by atoms with Crippen molar-refractivity contribution in [1.29, 1.82) is 0 Å². The lowest BCUT2D eigenvalue weighted by Crippen LogP contribution is -2.11. The third-order valence-corrected chi connectivity index (χ3v) is 3.57. The smallest absolute Gasteiger partial charge is 0.254 e. The fraction of sp³-hybridized carbons (Fsp3) is 0.412. The van der Waals surface area contributed by atoms with Crippen LogP contribution in [0.25, 0.3) is 0 Å². The number of ether oxygens (including phenoxy) is 1. The monoisotopic (exact) mass is 286 g/mol. The van der Waals surface area contributed by atoms with Crippen LogP contribution in [0.1, 0.15) is 57.3 Å². The second-order valence-electron chi connectivity index (χ2n) is 5.60.